The lowest BCUT2D eigenvalue weighted by Crippen LogP contribution is -2.19. The summed E-state index contributed by atoms with van der Waals surface area (Å²) < 4.78 is 59.9. The number of rotatable bonds is 8. The van der Waals surface area contributed by atoms with E-state index in [1.165, 1.54) is 24.3 Å². The highest BCUT2D eigenvalue weighted by Gasteiger charge is 2.34. The van der Waals surface area contributed by atoms with E-state index in [1.807, 2.05) is 6.92 Å². The van der Waals surface area contributed by atoms with Gasteiger partial charge in [-0.05, 0) is 61.5 Å². The maximum Gasteiger partial charge on any atom is 0.418 e. The number of halogens is 4. The van der Waals surface area contributed by atoms with E-state index >= 15 is 0 Å². The van der Waals surface area contributed by atoms with Gasteiger partial charge in [-0.15, -0.1) is 11.8 Å². The van der Waals surface area contributed by atoms with Gasteiger partial charge in [0.25, 0.3) is 5.91 Å². The predicted molar refractivity (Wildman–Crippen MR) is 123 cm³/mol. The van der Waals surface area contributed by atoms with E-state index in [9.17, 15) is 27.2 Å². The van der Waals surface area contributed by atoms with Gasteiger partial charge < -0.3 is 15.4 Å². The normalized spacial score (nSPS) is 11.1. The van der Waals surface area contributed by atoms with Gasteiger partial charge in [-0.2, -0.15) is 13.2 Å². The number of alkyl halides is 3. The van der Waals surface area contributed by atoms with Crippen LogP contribution in [0.1, 0.15) is 22.8 Å². The topological polar surface area (TPSA) is 67.4 Å². The molecule has 0 aliphatic carbocycles. The molecule has 178 valence electrons. The molecule has 0 aliphatic heterocycles. The van der Waals surface area contributed by atoms with Crippen molar-refractivity contribution in [3.8, 4) is 5.75 Å². The third-order valence-corrected chi connectivity index (χ3v) is 5.49. The number of thioether (sulfide) groups is 1. The van der Waals surface area contributed by atoms with E-state index in [2.05, 4.69) is 10.6 Å². The highest BCUT2D eigenvalue weighted by molar-refractivity contribution is 8.00. The smallest absolute Gasteiger partial charge is 0.418 e. The molecule has 0 atom stereocenters. The van der Waals surface area contributed by atoms with Crippen molar-refractivity contribution in [2.24, 2.45) is 0 Å². The lowest BCUT2D eigenvalue weighted by molar-refractivity contribution is -0.136. The zero-order chi connectivity index (χ0) is 24.7. The van der Waals surface area contributed by atoms with Gasteiger partial charge >= 0.3 is 6.18 Å². The van der Waals surface area contributed by atoms with Crippen LogP contribution in [0, 0.1) is 5.82 Å². The number of anilines is 2. The number of nitrogens with one attached hydrogen (secondary N) is 2. The van der Waals surface area contributed by atoms with Crippen LogP contribution in [0.5, 0.6) is 5.75 Å². The Morgan fingerprint density at radius 2 is 1.68 bits per heavy atom. The Morgan fingerprint density at radius 3 is 2.32 bits per heavy atom. The van der Waals surface area contributed by atoms with E-state index < -0.39 is 35.1 Å². The number of benzene rings is 3. The van der Waals surface area contributed by atoms with E-state index in [4.69, 9.17) is 4.74 Å². The molecule has 0 heterocycles. The molecular formula is C24H20F4N2O3S. The van der Waals surface area contributed by atoms with E-state index in [0.29, 0.717) is 18.4 Å². The summed E-state index contributed by atoms with van der Waals surface area (Å²) in [6.07, 6.45) is -4.80. The van der Waals surface area contributed by atoms with Gasteiger partial charge in [-0.3, -0.25) is 9.59 Å². The van der Waals surface area contributed by atoms with E-state index in [1.54, 1.807) is 24.3 Å². The molecule has 0 fully saturated rings. The SMILES string of the molecule is CCOc1ccc(SCC(=O)Nc2ccc(NC(=O)c3ccccc3F)cc2C(F)(F)F)cc1. The maximum absolute atomic E-state index is 13.8. The number of ether oxygens (including phenoxy) is 1. The molecule has 10 heteroatoms. The summed E-state index contributed by atoms with van der Waals surface area (Å²) >= 11 is 1.16. The fraction of sp³-hybridized carbons (Fsp3) is 0.167. The first kappa shape index (κ1) is 25.1. The third kappa shape index (κ3) is 6.74. The second-order valence-corrected chi connectivity index (χ2v) is 7.98. The van der Waals surface area contributed by atoms with Crippen LogP contribution < -0.4 is 15.4 Å². The van der Waals surface area contributed by atoms with Crippen LogP contribution in [0.25, 0.3) is 0 Å². The first-order chi connectivity index (χ1) is 16.2. The molecule has 5 nitrogen and oxygen atoms in total. The number of carbonyl (C=O) groups excluding carboxylic acids is 2. The second-order valence-electron chi connectivity index (χ2n) is 6.93. The fourth-order valence-electron chi connectivity index (χ4n) is 2.94. The minimum Gasteiger partial charge on any atom is -0.494 e. The molecule has 0 unspecified atom stereocenters. The summed E-state index contributed by atoms with van der Waals surface area (Å²) in [6, 6.07) is 15.0. The van der Waals surface area contributed by atoms with Gasteiger partial charge in [0.2, 0.25) is 5.91 Å². The van der Waals surface area contributed by atoms with Gasteiger partial charge in [-0.25, -0.2) is 4.39 Å². The Bertz CT molecular complexity index is 1170. The summed E-state index contributed by atoms with van der Waals surface area (Å²) in [4.78, 5) is 25.3. The Balaban J connectivity index is 1.69. The molecule has 0 aromatic heterocycles. The lowest BCUT2D eigenvalue weighted by Gasteiger charge is -2.16. The van der Waals surface area contributed by atoms with Gasteiger partial charge in [0.05, 0.1) is 29.2 Å². The average Bonchev–Trinajstić information content (AvgIpc) is 2.79. The Kier molecular flexibility index (Phi) is 8.17. The van der Waals surface area contributed by atoms with Crippen molar-refractivity contribution in [3.05, 3.63) is 83.7 Å². The van der Waals surface area contributed by atoms with Crippen LogP contribution in [0.15, 0.2) is 71.6 Å². The summed E-state index contributed by atoms with van der Waals surface area (Å²) in [7, 11) is 0. The summed E-state index contributed by atoms with van der Waals surface area (Å²) in [6.45, 7) is 2.37. The van der Waals surface area contributed by atoms with Crippen molar-refractivity contribution < 1.29 is 31.9 Å². The maximum atomic E-state index is 13.8. The molecule has 3 aromatic carbocycles. The van der Waals surface area contributed by atoms with Crippen LogP contribution in [-0.2, 0) is 11.0 Å². The molecule has 0 spiro atoms. The van der Waals surface area contributed by atoms with Gasteiger partial charge in [0, 0.05) is 10.6 Å². The molecule has 3 aromatic rings. The Morgan fingerprint density at radius 1 is 0.971 bits per heavy atom. The highest BCUT2D eigenvalue weighted by Crippen LogP contribution is 2.37. The average molecular weight is 492 g/mol. The molecule has 2 amide bonds. The quantitative estimate of drug-likeness (QED) is 0.289. The zero-order valence-corrected chi connectivity index (χ0v) is 18.7. The van der Waals surface area contributed by atoms with Crippen molar-refractivity contribution in [3.63, 3.8) is 0 Å². The molecular weight excluding hydrogens is 472 g/mol. The summed E-state index contributed by atoms with van der Waals surface area (Å²) in [5.74, 6) is -1.77. The Hall–Kier alpha value is -3.53. The molecule has 0 bridgehead atoms. The molecule has 0 aliphatic rings. The van der Waals surface area contributed by atoms with Gasteiger partial charge in [0.1, 0.15) is 11.6 Å². The molecule has 0 saturated heterocycles. The molecule has 3 rings (SSSR count). The third-order valence-electron chi connectivity index (χ3n) is 4.48. The van der Waals surface area contributed by atoms with E-state index in [0.717, 1.165) is 28.8 Å². The fourth-order valence-corrected chi connectivity index (χ4v) is 3.64. The van der Waals surface area contributed by atoms with Crippen molar-refractivity contribution >= 4 is 35.0 Å². The summed E-state index contributed by atoms with van der Waals surface area (Å²) in [5, 5.41) is 4.51. The second kappa shape index (κ2) is 11.1. The van der Waals surface area contributed by atoms with Crippen LogP contribution in [-0.4, -0.2) is 24.2 Å². The standard InChI is InChI=1S/C24H20F4N2O3S/c1-2-33-16-8-10-17(11-9-16)34-14-22(31)30-21-12-7-15(13-19(21)24(26,27)28)29-23(32)18-5-3-4-6-20(18)25/h3-13H,2,14H2,1H3,(H,29,32)(H,30,31). The van der Waals surface area contributed by atoms with Gasteiger partial charge in [-0.1, -0.05) is 12.1 Å². The number of amides is 2. The van der Waals surface area contributed by atoms with Crippen LogP contribution >= 0.6 is 11.8 Å². The van der Waals surface area contributed by atoms with Crippen molar-refractivity contribution in [1.82, 2.24) is 0 Å². The summed E-state index contributed by atoms with van der Waals surface area (Å²) in [5.41, 5.74) is -2.09. The van der Waals surface area contributed by atoms with Gasteiger partial charge in [0.15, 0.2) is 0 Å². The lowest BCUT2D eigenvalue weighted by atomic mass is 10.1. The molecule has 34 heavy (non-hydrogen) atoms. The molecule has 0 saturated carbocycles. The number of carbonyl (C=O) groups is 2. The predicted octanol–water partition coefficient (Wildman–Crippen LogP) is 6.23. The first-order valence-corrected chi connectivity index (χ1v) is 11.1. The monoisotopic (exact) mass is 492 g/mol. The molecule has 2 N–H and O–H groups in total. The zero-order valence-electron chi connectivity index (χ0n) is 17.9. The van der Waals surface area contributed by atoms with Crippen molar-refractivity contribution in [2.45, 2.75) is 18.0 Å². The highest BCUT2D eigenvalue weighted by atomic mass is 32.2. The van der Waals surface area contributed by atoms with Crippen molar-refractivity contribution in [1.29, 1.82) is 0 Å². The minimum atomic E-state index is -4.80. The number of hydrogen-bond donors (Lipinski definition) is 2. The van der Waals surface area contributed by atoms with Crippen LogP contribution in [0.2, 0.25) is 0 Å². The van der Waals surface area contributed by atoms with Crippen molar-refractivity contribution in [2.75, 3.05) is 23.0 Å². The van der Waals surface area contributed by atoms with Crippen LogP contribution in [0.4, 0.5) is 28.9 Å². The number of hydrogen-bond acceptors (Lipinski definition) is 4. The van der Waals surface area contributed by atoms with Crippen LogP contribution in [0.3, 0.4) is 0 Å². The Labute approximate surface area is 197 Å². The largest absolute Gasteiger partial charge is 0.494 e. The van der Waals surface area contributed by atoms with E-state index in [-0.39, 0.29) is 17.0 Å². The molecule has 0 radical (unpaired) electrons. The minimum absolute atomic E-state index is 0.114. The first-order valence-electron chi connectivity index (χ1n) is 10.1.